The number of benzene rings is 1. The number of nitrogens with zero attached hydrogens (tertiary/aromatic N) is 4. The van der Waals surface area contributed by atoms with Gasteiger partial charge in [0.2, 0.25) is 0 Å². The van der Waals surface area contributed by atoms with Crippen LogP contribution in [0.5, 0.6) is 0 Å². The summed E-state index contributed by atoms with van der Waals surface area (Å²) in [6.07, 6.45) is 3.73. The van der Waals surface area contributed by atoms with Crippen molar-refractivity contribution in [2.24, 2.45) is 0 Å². The molecule has 2 aromatic heterocycles. The Morgan fingerprint density at radius 1 is 1.00 bits per heavy atom. The lowest BCUT2D eigenvalue weighted by Crippen LogP contribution is -2.54. The Kier molecular flexibility index (Phi) is 8.26. The predicted octanol–water partition coefficient (Wildman–Crippen LogP) is 4.49. The molecule has 1 aliphatic rings. The molecule has 4 rings (SSSR count). The van der Waals surface area contributed by atoms with Crippen molar-refractivity contribution in [3.63, 3.8) is 0 Å². The summed E-state index contributed by atoms with van der Waals surface area (Å²) in [5.41, 5.74) is 1.99. The van der Waals surface area contributed by atoms with E-state index in [9.17, 15) is 4.39 Å². The molecular formula is C22H30FN5. The summed E-state index contributed by atoms with van der Waals surface area (Å²) < 4.78 is 9.50. The summed E-state index contributed by atoms with van der Waals surface area (Å²) in [6, 6.07) is 13.0. The van der Waals surface area contributed by atoms with Crippen LogP contribution >= 0.6 is 0 Å². The summed E-state index contributed by atoms with van der Waals surface area (Å²) in [4.78, 5) is 6.68. The van der Waals surface area contributed by atoms with Crippen LogP contribution in [0, 0.1) is 0 Å². The molecule has 2 unspecified atom stereocenters. The molecule has 1 saturated heterocycles. The number of alkyl halides is 1. The monoisotopic (exact) mass is 383 g/mol. The molecule has 1 N–H and O–H groups in total. The Labute approximate surface area is 167 Å². The molecule has 3 heterocycles. The molecule has 3 aromatic rings. The molecule has 2 atom stereocenters. The maximum absolute atomic E-state index is 9.50. The lowest BCUT2D eigenvalue weighted by atomic mass is 10.0. The van der Waals surface area contributed by atoms with Crippen LogP contribution in [0.4, 0.5) is 10.2 Å². The number of hydrogen-bond acceptors (Lipinski definition) is 5. The Balaban J connectivity index is 0.000000660. The Morgan fingerprint density at radius 2 is 1.71 bits per heavy atom. The van der Waals surface area contributed by atoms with Crippen LogP contribution in [0.25, 0.3) is 22.0 Å². The van der Waals surface area contributed by atoms with E-state index in [1.54, 1.807) is 0 Å². The van der Waals surface area contributed by atoms with E-state index < -0.39 is 0 Å². The second kappa shape index (κ2) is 10.7. The first kappa shape index (κ1) is 21.7. The minimum Gasteiger partial charge on any atom is -0.349 e. The third-order valence-electron chi connectivity index (χ3n) is 4.65. The highest BCUT2D eigenvalue weighted by molar-refractivity contribution is 5.99. The summed E-state index contributed by atoms with van der Waals surface area (Å²) in [5, 5.41) is 14.8. The zero-order valence-corrected chi connectivity index (χ0v) is 17.4. The number of piperazine rings is 1. The molecule has 6 heteroatoms. The zero-order chi connectivity index (χ0) is 20.5. The molecule has 0 saturated carbocycles. The smallest absolute Gasteiger partial charge is 0.161 e. The number of pyridine rings is 1. The van der Waals surface area contributed by atoms with Gasteiger partial charge in [-0.1, -0.05) is 44.2 Å². The van der Waals surface area contributed by atoms with Gasteiger partial charge >= 0.3 is 0 Å². The highest BCUT2D eigenvalue weighted by Gasteiger charge is 2.26. The predicted molar refractivity (Wildman–Crippen MR) is 115 cm³/mol. The van der Waals surface area contributed by atoms with Crippen LogP contribution in [0.2, 0.25) is 0 Å². The fourth-order valence-electron chi connectivity index (χ4n) is 3.32. The van der Waals surface area contributed by atoms with Crippen molar-refractivity contribution < 1.29 is 4.39 Å². The van der Waals surface area contributed by atoms with Gasteiger partial charge in [-0.3, -0.25) is 9.37 Å². The van der Waals surface area contributed by atoms with Gasteiger partial charge in [0.15, 0.2) is 5.82 Å². The van der Waals surface area contributed by atoms with Gasteiger partial charge in [-0.15, -0.1) is 10.2 Å². The second-order valence-electron chi connectivity index (χ2n) is 6.47. The number of nitrogens with one attached hydrogen (secondary N) is 1. The number of fused-ring (bicyclic) bond motifs is 1. The average Bonchev–Trinajstić information content (AvgIpc) is 2.78. The first-order valence-corrected chi connectivity index (χ1v) is 9.77. The first-order chi connectivity index (χ1) is 13.7. The van der Waals surface area contributed by atoms with Gasteiger partial charge in [-0.25, -0.2) is 0 Å². The van der Waals surface area contributed by atoms with E-state index in [1.807, 2.05) is 50.5 Å². The van der Waals surface area contributed by atoms with Gasteiger partial charge < -0.3 is 10.2 Å². The van der Waals surface area contributed by atoms with Gasteiger partial charge in [0, 0.05) is 53.9 Å². The molecule has 0 bridgehead atoms. The van der Waals surface area contributed by atoms with Crippen molar-refractivity contribution in [3.05, 3.63) is 48.8 Å². The fourth-order valence-corrected chi connectivity index (χ4v) is 3.32. The van der Waals surface area contributed by atoms with E-state index in [4.69, 9.17) is 0 Å². The van der Waals surface area contributed by atoms with Crippen molar-refractivity contribution in [2.45, 2.75) is 39.8 Å². The average molecular weight is 384 g/mol. The molecular weight excluding hydrogens is 353 g/mol. The maximum atomic E-state index is 9.50. The lowest BCUT2D eigenvalue weighted by Gasteiger charge is -2.38. The first-order valence-electron chi connectivity index (χ1n) is 9.77. The molecule has 28 heavy (non-hydrogen) atoms. The number of halogens is 1. The molecule has 0 amide bonds. The third kappa shape index (κ3) is 4.62. The number of hydrogen-bond donors (Lipinski definition) is 1. The molecule has 0 aliphatic carbocycles. The van der Waals surface area contributed by atoms with Crippen molar-refractivity contribution in [1.29, 1.82) is 0 Å². The van der Waals surface area contributed by atoms with Crippen LogP contribution < -0.4 is 10.2 Å². The summed E-state index contributed by atoms with van der Waals surface area (Å²) in [6.45, 7) is 10.3. The highest BCUT2D eigenvalue weighted by Crippen LogP contribution is 2.31. The van der Waals surface area contributed by atoms with Crippen molar-refractivity contribution in [3.8, 4) is 11.3 Å². The maximum Gasteiger partial charge on any atom is 0.161 e. The van der Waals surface area contributed by atoms with E-state index in [1.165, 1.54) is 0 Å². The lowest BCUT2D eigenvalue weighted by molar-refractivity contribution is 0.422. The highest BCUT2D eigenvalue weighted by atomic mass is 19.1. The van der Waals surface area contributed by atoms with Crippen LogP contribution in [0.3, 0.4) is 0 Å². The molecule has 0 radical (unpaired) electrons. The van der Waals surface area contributed by atoms with Gasteiger partial charge in [0.25, 0.3) is 0 Å². The second-order valence-corrected chi connectivity index (χ2v) is 6.47. The minimum atomic E-state index is 0.376. The summed E-state index contributed by atoms with van der Waals surface area (Å²) >= 11 is 0. The summed E-state index contributed by atoms with van der Waals surface area (Å²) in [7, 11) is 0.500. The Morgan fingerprint density at radius 3 is 2.43 bits per heavy atom. The summed E-state index contributed by atoms with van der Waals surface area (Å²) in [5.74, 6) is 0.929. The van der Waals surface area contributed by atoms with Crippen molar-refractivity contribution in [2.75, 3.05) is 25.2 Å². The van der Waals surface area contributed by atoms with Crippen LogP contribution in [-0.4, -0.2) is 47.5 Å². The van der Waals surface area contributed by atoms with Crippen LogP contribution in [-0.2, 0) is 0 Å². The van der Waals surface area contributed by atoms with Crippen molar-refractivity contribution >= 4 is 16.6 Å². The SMILES string of the molecule is CC.CC1CN(c2nnc(-c3ccccc3)c3ccncc23)C(C)CN1.CF. The van der Waals surface area contributed by atoms with E-state index in [-0.39, 0.29) is 0 Å². The number of aromatic nitrogens is 3. The van der Waals surface area contributed by atoms with E-state index in [0.29, 0.717) is 19.3 Å². The Bertz CT molecular complexity index is 856. The quantitative estimate of drug-likeness (QED) is 0.707. The molecule has 1 aliphatic heterocycles. The Hall–Kier alpha value is -2.60. The standard InChI is InChI=1S/C19H21N5.C2H6.CH3F/c1-13-12-24(14(2)10-21-13)19-17-11-20-9-8-16(17)18(22-23-19)15-6-4-3-5-7-15;2*1-2/h3-9,11,13-14,21H,10,12H2,1-2H3;1-2H3;1H3. The van der Waals surface area contributed by atoms with Crippen molar-refractivity contribution in [1.82, 2.24) is 20.5 Å². The molecule has 150 valence electrons. The molecule has 0 spiro atoms. The third-order valence-corrected chi connectivity index (χ3v) is 4.65. The minimum absolute atomic E-state index is 0.376. The largest absolute Gasteiger partial charge is 0.349 e. The van der Waals surface area contributed by atoms with Gasteiger partial charge in [-0.05, 0) is 19.9 Å². The fraction of sp³-hybridized carbons (Fsp3) is 0.409. The van der Waals surface area contributed by atoms with Crippen LogP contribution in [0.15, 0.2) is 48.8 Å². The van der Waals surface area contributed by atoms with Crippen LogP contribution in [0.1, 0.15) is 27.7 Å². The van der Waals surface area contributed by atoms with E-state index >= 15 is 0 Å². The number of anilines is 1. The van der Waals surface area contributed by atoms with Gasteiger partial charge in [0.1, 0.15) is 5.69 Å². The molecule has 5 nitrogen and oxygen atoms in total. The van der Waals surface area contributed by atoms with Gasteiger partial charge in [0.05, 0.1) is 7.18 Å². The number of rotatable bonds is 2. The van der Waals surface area contributed by atoms with E-state index in [2.05, 4.69) is 51.4 Å². The normalized spacial score (nSPS) is 18.6. The molecule has 1 aromatic carbocycles. The topological polar surface area (TPSA) is 53.9 Å². The van der Waals surface area contributed by atoms with E-state index in [0.717, 1.165) is 40.9 Å². The van der Waals surface area contributed by atoms with Gasteiger partial charge in [-0.2, -0.15) is 0 Å². The zero-order valence-electron chi connectivity index (χ0n) is 17.4. The molecule has 1 fully saturated rings.